The second-order valence-corrected chi connectivity index (χ2v) is 4.79. The van der Waals surface area contributed by atoms with Crippen molar-refractivity contribution < 1.29 is 4.79 Å². The lowest BCUT2D eigenvalue weighted by molar-refractivity contribution is -0.123. The molecule has 3 heteroatoms. The SMILES string of the molecule is Nc1cccc2c1CCC2NC(=O)C1CC1. The van der Waals surface area contributed by atoms with E-state index in [0.29, 0.717) is 0 Å². The van der Waals surface area contributed by atoms with Crippen LogP contribution in [0.1, 0.15) is 36.4 Å². The van der Waals surface area contributed by atoms with Crippen LogP contribution in [-0.4, -0.2) is 5.91 Å². The Kier molecular flexibility index (Phi) is 2.13. The molecule has 16 heavy (non-hydrogen) atoms. The third kappa shape index (κ3) is 1.56. The van der Waals surface area contributed by atoms with Crippen LogP contribution in [-0.2, 0) is 11.2 Å². The van der Waals surface area contributed by atoms with Gasteiger partial charge in [0.2, 0.25) is 5.91 Å². The van der Waals surface area contributed by atoms with E-state index in [1.165, 1.54) is 11.1 Å². The predicted octanol–water partition coefficient (Wildman–Crippen LogP) is 1.78. The molecule has 0 aliphatic heterocycles. The zero-order chi connectivity index (χ0) is 11.1. The molecular weight excluding hydrogens is 200 g/mol. The van der Waals surface area contributed by atoms with Gasteiger partial charge in [0.15, 0.2) is 0 Å². The standard InChI is InChI=1S/C13H16N2O/c14-11-3-1-2-10-9(11)6-7-12(10)15-13(16)8-4-5-8/h1-3,8,12H,4-7,14H2,(H,15,16). The number of nitrogen functional groups attached to an aromatic ring is 1. The number of amides is 1. The Morgan fingerprint density at radius 3 is 2.88 bits per heavy atom. The Balaban J connectivity index is 1.80. The van der Waals surface area contributed by atoms with E-state index in [4.69, 9.17) is 5.73 Å². The van der Waals surface area contributed by atoms with Crippen LogP contribution in [0.25, 0.3) is 0 Å². The van der Waals surface area contributed by atoms with Gasteiger partial charge in [-0.15, -0.1) is 0 Å². The summed E-state index contributed by atoms with van der Waals surface area (Å²) < 4.78 is 0. The molecule has 3 N–H and O–H groups in total. The third-order valence-corrected chi connectivity index (χ3v) is 3.57. The minimum absolute atomic E-state index is 0.187. The van der Waals surface area contributed by atoms with Crippen LogP contribution in [0.4, 0.5) is 5.69 Å². The molecular formula is C13H16N2O. The molecule has 1 atom stereocenters. The van der Waals surface area contributed by atoms with Gasteiger partial charge in [0.1, 0.15) is 0 Å². The van der Waals surface area contributed by atoms with Crippen LogP contribution in [0, 0.1) is 5.92 Å². The van der Waals surface area contributed by atoms with Crippen LogP contribution in [0.2, 0.25) is 0 Å². The first-order chi connectivity index (χ1) is 7.75. The molecule has 1 amide bonds. The number of fused-ring (bicyclic) bond motifs is 1. The summed E-state index contributed by atoms with van der Waals surface area (Å²) in [7, 11) is 0. The second kappa shape index (κ2) is 3.51. The van der Waals surface area contributed by atoms with E-state index in [-0.39, 0.29) is 17.9 Å². The largest absolute Gasteiger partial charge is 0.398 e. The van der Waals surface area contributed by atoms with Crippen LogP contribution in [0.3, 0.4) is 0 Å². The number of anilines is 1. The molecule has 84 valence electrons. The van der Waals surface area contributed by atoms with E-state index >= 15 is 0 Å². The summed E-state index contributed by atoms with van der Waals surface area (Å²) in [6.07, 6.45) is 4.09. The van der Waals surface area contributed by atoms with Gasteiger partial charge in [-0.05, 0) is 42.9 Å². The average molecular weight is 216 g/mol. The molecule has 3 nitrogen and oxygen atoms in total. The molecule has 1 fully saturated rings. The van der Waals surface area contributed by atoms with Crippen molar-refractivity contribution in [2.75, 3.05) is 5.73 Å². The zero-order valence-electron chi connectivity index (χ0n) is 9.20. The molecule has 1 aromatic rings. The number of hydrogen-bond donors (Lipinski definition) is 2. The van der Waals surface area contributed by atoms with Crippen LogP contribution in [0.5, 0.6) is 0 Å². The van der Waals surface area contributed by atoms with Crippen molar-refractivity contribution in [1.82, 2.24) is 5.32 Å². The van der Waals surface area contributed by atoms with E-state index in [9.17, 15) is 4.79 Å². The Morgan fingerprint density at radius 2 is 2.12 bits per heavy atom. The summed E-state index contributed by atoms with van der Waals surface area (Å²) in [6, 6.07) is 6.17. The fraction of sp³-hybridized carbons (Fsp3) is 0.462. The van der Waals surface area contributed by atoms with Crippen molar-refractivity contribution in [3.8, 4) is 0 Å². The summed E-state index contributed by atoms with van der Waals surface area (Å²) in [5.74, 6) is 0.505. The lowest BCUT2D eigenvalue weighted by Crippen LogP contribution is -2.28. The lowest BCUT2D eigenvalue weighted by Gasteiger charge is -2.14. The van der Waals surface area contributed by atoms with Gasteiger partial charge >= 0.3 is 0 Å². The monoisotopic (exact) mass is 216 g/mol. The first kappa shape index (κ1) is 9.70. The minimum Gasteiger partial charge on any atom is -0.398 e. The van der Waals surface area contributed by atoms with Crippen molar-refractivity contribution in [3.63, 3.8) is 0 Å². The molecule has 1 aromatic carbocycles. The number of carbonyl (C=O) groups is 1. The molecule has 0 saturated heterocycles. The van der Waals surface area contributed by atoms with Crippen LogP contribution in [0.15, 0.2) is 18.2 Å². The Labute approximate surface area is 95.0 Å². The maximum Gasteiger partial charge on any atom is 0.223 e. The number of rotatable bonds is 2. The summed E-state index contributed by atoms with van der Waals surface area (Å²) in [4.78, 5) is 11.7. The summed E-state index contributed by atoms with van der Waals surface area (Å²) in [6.45, 7) is 0. The van der Waals surface area contributed by atoms with E-state index in [1.807, 2.05) is 12.1 Å². The van der Waals surface area contributed by atoms with Crippen molar-refractivity contribution in [2.24, 2.45) is 5.92 Å². The van der Waals surface area contributed by atoms with Crippen LogP contribution < -0.4 is 11.1 Å². The highest BCUT2D eigenvalue weighted by atomic mass is 16.2. The van der Waals surface area contributed by atoms with Gasteiger partial charge in [0, 0.05) is 11.6 Å². The minimum atomic E-state index is 0.187. The summed E-state index contributed by atoms with van der Waals surface area (Å²) >= 11 is 0. The first-order valence-electron chi connectivity index (χ1n) is 5.93. The van der Waals surface area contributed by atoms with E-state index < -0.39 is 0 Å². The van der Waals surface area contributed by atoms with Crippen molar-refractivity contribution in [1.29, 1.82) is 0 Å². The highest BCUT2D eigenvalue weighted by molar-refractivity contribution is 5.81. The molecule has 0 bridgehead atoms. The average Bonchev–Trinajstić information content (AvgIpc) is 3.04. The van der Waals surface area contributed by atoms with Crippen molar-refractivity contribution >= 4 is 11.6 Å². The first-order valence-corrected chi connectivity index (χ1v) is 5.93. The number of nitrogens with two attached hydrogens (primary N) is 1. The topological polar surface area (TPSA) is 55.1 Å². The van der Waals surface area contributed by atoms with Gasteiger partial charge in [0.05, 0.1) is 6.04 Å². The number of nitrogens with one attached hydrogen (secondary N) is 1. The van der Waals surface area contributed by atoms with E-state index in [0.717, 1.165) is 31.4 Å². The number of carbonyl (C=O) groups excluding carboxylic acids is 1. The molecule has 2 aliphatic carbocycles. The fourth-order valence-corrected chi connectivity index (χ4v) is 2.47. The lowest BCUT2D eigenvalue weighted by atomic mass is 10.1. The van der Waals surface area contributed by atoms with Gasteiger partial charge in [-0.1, -0.05) is 12.1 Å². The van der Waals surface area contributed by atoms with Gasteiger partial charge in [-0.25, -0.2) is 0 Å². The highest BCUT2D eigenvalue weighted by Gasteiger charge is 2.33. The zero-order valence-corrected chi connectivity index (χ0v) is 9.20. The van der Waals surface area contributed by atoms with Gasteiger partial charge in [-0.2, -0.15) is 0 Å². The molecule has 0 radical (unpaired) electrons. The van der Waals surface area contributed by atoms with Crippen molar-refractivity contribution in [2.45, 2.75) is 31.7 Å². The van der Waals surface area contributed by atoms with Crippen molar-refractivity contribution in [3.05, 3.63) is 29.3 Å². The quantitative estimate of drug-likeness (QED) is 0.740. The van der Waals surface area contributed by atoms with Gasteiger partial charge in [-0.3, -0.25) is 4.79 Å². The molecule has 2 aliphatic rings. The smallest absolute Gasteiger partial charge is 0.223 e. The third-order valence-electron chi connectivity index (χ3n) is 3.57. The second-order valence-electron chi connectivity index (χ2n) is 4.79. The number of benzene rings is 1. The normalized spacial score (nSPS) is 22.9. The molecule has 0 aromatic heterocycles. The van der Waals surface area contributed by atoms with E-state index in [1.54, 1.807) is 0 Å². The molecule has 1 saturated carbocycles. The Morgan fingerprint density at radius 1 is 1.31 bits per heavy atom. The summed E-state index contributed by atoms with van der Waals surface area (Å²) in [5, 5.41) is 3.13. The Hall–Kier alpha value is -1.51. The maximum atomic E-state index is 11.7. The predicted molar refractivity (Wildman–Crippen MR) is 62.8 cm³/mol. The number of hydrogen-bond acceptors (Lipinski definition) is 2. The molecule has 3 rings (SSSR count). The summed E-state index contributed by atoms with van der Waals surface area (Å²) in [5.41, 5.74) is 9.23. The van der Waals surface area contributed by atoms with Crippen LogP contribution >= 0.6 is 0 Å². The molecule has 0 spiro atoms. The fourth-order valence-electron chi connectivity index (χ4n) is 2.47. The van der Waals surface area contributed by atoms with Gasteiger partial charge in [0.25, 0.3) is 0 Å². The molecule has 1 unspecified atom stereocenters. The highest BCUT2D eigenvalue weighted by Crippen LogP contribution is 2.36. The maximum absolute atomic E-state index is 11.7. The van der Waals surface area contributed by atoms with Gasteiger partial charge < -0.3 is 11.1 Å². The Bertz CT molecular complexity index is 438. The van der Waals surface area contributed by atoms with E-state index in [2.05, 4.69) is 11.4 Å². The molecule has 0 heterocycles.